The molecule has 0 radical (unpaired) electrons. The molecule has 1 aromatic carbocycles. The Hall–Kier alpha value is -2.63. The molecule has 0 spiro atoms. The Morgan fingerprint density at radius 1 is 1.23 bits per heavy atom. The van der Waals surface area contributed by atoms with Gasteiger partial charge in [-0.15, -0.1) is 0 Å². The van der Waals surface area contributed by atoms with Crippen molar-refractivity contribution >= 4 is 11.6 Å². The van der Waals surface area contributed by atoms with Crippen molar-refractivity contribution < 1.29 is 4.79 Å². The predicted molar refractivity (Wildman–Crippen MR) is 85.1 cm³/mol. The van der Waals surface area contributed by atoms with Crippen molar-refractivity contribution in [3.8, 4) is 11.1 Å². The molecule has 22 heavy (non-hydrogen) atoms. The van der Waals surface area contributed by atoms with E-state index in [4.69, 9.17) is 0 Å². The number of nitrogens with zero attached hydrogens (tertiary/aromatic N) is 2. The van der Waals surface area contributed by atoms with E-state index in [0.29, 0.717) is 11.1 Å². The molecule has 2 aromatic rings. The maximum Gasteiger partial charge on any atom is 0.274 e. The van der Waals surface area contributed by atoms with Crippen LogP contribution in [0.5, 0.6) is 0 Å². The summed E-state index contributed by atoms with van der Waals surface area (Å²) in [5.41, 5.74) is 2.61. The van der Waals surface area contributed by atoms with Gasteiger partial charge in [-0.25, -0.2) is 5.10 Å². The molecule has 1 aromatic heterocycles. The summed E-state index contributed by atoms with van der Waals surface area (Å²) in [6.45, 7) is 1.88. The summed E-state index contributed by atoms with van der Waals surface area (Å²) in [6, 6.07) is 7.05. The van der Waals surface area contributed by atoms with Crippen LogP contribution in [-0.4, -0.2) is 36.2 Å². The van der Waals surface area contributed by atoms with Crippen LogP contribution >= 0.6 is 0 Å². The standard InChI is InChI=1S/C16H18N4O2/c1-17-15(21)12-6-4-11(5-7-12)14-13(10-18-19-16(14)22)20-8-2-3-9-20/h4-7,10H,2-3,8-9H2,1H3,(H,17,21)(H,19,22). The average Bonchev–Trinajstić information content (AvgIpc) is 3.08. The number of rotatable bonds is 3. The monoisotopic (exact) mass is 298 g/mol. The van der Waals surface area contributed by atoms with Crippen LogP contribution in [0.25, 0.3) is 11.1 Å². The maximum absolute atomic E-state index is 12.2. The number of anilines is 1. The topological polar surface area (TPSA) is 78.1 Å². The number of nitrogens with one attached hydrogen (secondary N) is 2. The van der Waals surface area contributed by atoms with E-state index in [1.807, 2.05) is 0 Å². The van der Waals surface area contributed by atoms with Crippen molar-refractivity contribution in [2.24, 2.45) is 0 Å². The fourth-order valence-corrected chi connectivity index (χ4v) is 2.80. The highest BCUT2D eigenvalue weighted by Crippen LogP contribution is 2.29. The number of aromatic amines is 1. The van der Waals surface area contributed by atoms with E-state index in [9.17, 15) is 9.59 Å². The van der Waals surface area contributed by atoms with Crippen molar-refractivity contribution in [1.29, 1.82) is 0 Å². The quantitative estimate of drug-likeness (QED) is 0.898. The Bertz CT molecular complexity index is 731. The van der Waals surface area contributed by atoms with Crippen LogP contribution in [0.4, 0.5) is 5.69 Å². The molecule has 2 heterocycles. The molecule has 0 aliphatic carbocycles. The Balaban J connectivity index is 2.04. The highest BCUT2D eigenvalue weighted by molar-refractivity contribution is 5.94. The number of carbonyl (C=O) groups excluding carboxylic acids is 1. The first-order chi connectivity index (χ1) is 10.7. The molecular weight excluding hydrogens is 280 g/mol. The largest absolute Gasteiger partial charge is 0.370 e. The highest BCUT2D eigenvalue weighted by Gasteiger charge is 2.19. The number of hydrogen-bond acceptors (Lipinski definition) is 4. The van der Waals surface area contributed by atoms with Gasteiger partial charge in [0.05, 0.1) is 17.4 Å². The van der Waals surface area contributed by atoms with E-state index in [1.165, 1.54) is 0 Å². The lowest BCUT2D eigenvalue weighted by Gasteiger charge is -2.20. The first-order valence-corrected chi connectivity index (χ1v) is 7.36. The fraction of sp³-hybridized carbons (Fsp3) is 0.312. The Morgan fingerprint density at radius 3 is 2.55 bits per heavy atom. The van der Waals surface area contributed by atoms with Gasteiger partial charge in [0.25, 0.3) is 11.5 Å². The van der Waals surface area contributed by atoms with E-state index >= 15 is 0 Å². The molecule has 2 N–H and O–H groups in total. The van der Waals surface area contributed by atoms with E-state index < -0.39 is 0 Å². The van der Waals surface area contributed by atoms with Gasteiger partial charge in [0.15, 0.2) is 0 Å². The zero-order valence-corrected chi connectivity index (χ0v) is 12.4. The number of aromatic nitrogens is 2. The molecule has 1 saturated heterocycles. The van der Waals surface area contributed by atoms with Gasteiger partial charge in [0.1, 0.15) is 0 Å². The number of hydrogen-bond donors (Lipinski definition) is 2. The second kappa shape index (κ2) is 6.01. The minimum Gasteiger partial charge on any atom is -0.370 e. The summed E-state index contributed by atoms with van der Waals surface area (Å²) in [5, 5.41) is 9.01. The third-order valence-corrected chi connectivity index (χ3v) is 3.95. The lowest BCUT2D eigenvalue weighted by atomic mass is 10.0. The molecular formula is C16H18N4O2. The number of amides is 1. The van der Waals surface area contributed by atoms with Gasteiger partial charge in [-0.2, -0.15) is 5.10 Å². The van der Waals surface area contributed by atoms with Crippen LogP contribution in [-0.2, 0) is 0 Å². The molecule has 114 valence electrons. The van der Waals surface area contributed by atoms with E-state index in [1.54, 1.807) is 37.5 Å². The third kappa shape index (κ3) is 2.59. The smallest absolute Gasteiger partial charge is 0.274 e. The van der Waals surface area contributed by atoms with Crippen molar-refractivity contribution in [2.45, 2.75) is 12.8 Å². The van der Waals surface area contributed by atoms with Gasteiger partial charge in [-0.3, -0.25) is 9.59 Å². The van der Waals surface area contributed by atoms with Crippen LogP contribution in [0, 0.1) is 0 Å². The van der Waals surface area contributed by atoms with Crippen LogP contribution in [0.1, 0.15) is 23.2 Å². The Morgan fingerprint density at radius 2 is 1.91 bits per heavy atom. The van der Waals surface area contributed by atoms with Crippen LogP contribution in [0.15, 0.2) is 35.3 Å². The zero-order valence-electron chi connectivity index (χ0n) is 12.4. The zero-order chi connectivity index (χ0) is 15.5. The Kier molecular flexibility index (Phi) is 3.91. The predicted octanol–water partition coefficient (Wildman–Crippen LogP) is 1.40. The van der Waals surface area contributed by atoms with Gasteiger partial charge in [0.2, 0.25) is 0 Å². The lowest BCUT2D eigenvalue weighted by Crippen LogP contribution is -2.23. The Labute approximate surface area is 128 Å². The lowest BCUT2D eigenvalue weighted by molar-refractivity contribution is 0.0963. The van der Waals surface area contributed by atoms with E-state index in [0.717, 1.165) is 37.2 Å². The second-order valence-electron chi connectivity index (χ2n) is 5.31. The highest BCUT2D eigenvalue weighted by atomic mass is 16.1. The number of carbonyl (C=O) groups is 1. The van der Waals surface area contributed by atoms with Crippen molar-refractivity contribution in [3.05, 3.63) is 46.4 Å². The summed E-state index contributed by atoms with van der Waals surface area (Å²) in [7, 11) is 1.59. The molecule has 6 heteroatoms. The fourth-order valence-electron chi connectivity index (χ4n) is 2.80. The van der Waals surface area contributed by atoms with Crippen molar-refractivity contribution in [3.63, 3.8) is 0 Å². The summed E-state index contributed by atoms with van der Waals surface area (Å²) >= 11 is 0. The van der Waals surface area contributed by atoms with E-state index in [-0.39, 0.29) is 11.5 Å². The molecule has 3 rings (SSSR count). The normalized spacial score (nSPS) is 14.1. The average molecular weight is 298 g/mol. The summed E-state index contributed by atoms with van der Waals surface area (Å²) in [6.07, 6.45) is 3.96. The number of H-pyrrole nitrogens is 1. The van der Waals surface area contributed by atoms with Crippen LogP contribution in [0.3, 0.4) is 0 Å². The summed E-state index contributed by atoms with van der Waals surface area (Å²) in [5.74, 6) is -0.144. The van der Waals surface area contributed by atoms with Crippen LogP contribution in [0.2, 0.25) is 0 Å². The maximum atomic E-state index is 12.2. The van der Waals surface area contributed by atoms with Crippen LogP contribution < -0.4 is 15.8 Å². The minimum atomic E-state index is -0.211. The molecule has 0 bridgehead atoms. The minimum absolute atomic E-state index is 0.144. The van der Waals surface area contributed by atoms with Gasteiger partial charge >= 0.3 is 0 Å². The van der Waals surface area contributed by atoms with Crippen molar-refractivity contribution in [2.75, 3.05) is 25.0 Å². The van der Waals surface area contributed by atoms with Gasteiger partial charge in [0, 0.05) is 25.7 Å². The summed E-state index contributed by atoms with van der Waals surface area (Å²) < 4.78 is 0. The molecule has 0 saturated carbocycles. The number of benzene rings is 1. The summed E-state index contributed by atoms with van der Waals surface area (Å²) in [4.78, 5) is 26.0. The molecule has 1 aliphatic heterocycles. The molecule has 1 fully saturated rings. The first-order valence-electron chi connectivity index (χ1n) is 7.36. The van der Waals surface area contributed by atoms with Gasteiger partial charge < -0.3 is 10.2 Å². The first kappa shape index (κ1) is 14.3. The van der Waals surface area contributed by atoms with Crippen molar-refractivity contribution in [1.82, 2.24) is 15.5 Å². The molecule has 0 unspecified atom stereocenters. The van der Waals surface area contributed by atoms with Gasteiger partial charge in [-0.1, -0.05) is 12.1 Å². The molecule has 6 nitrogen and oxygen atoms in total. The third-order valence-electron chi connectivity index (χ3n) is 3.95. The molecule has 0 atom stereocenters. The molecule has 1 amide bonds. The van der Waals surface area contributed by atoms with E-state index in [2.05, 4.69) is 20.4 Å². The SMILES string of the molecule is CNC(=O)c1ccc(-c2c(N3CCCC3)cn[nH]c2=O)cc1. The second-order valence-corrected chi connectivity index (χ2v) is 5.31. The molecule has 1 aliphatic rings. The van der Waals surface area contributed by atoms with Gasteiger partial charge in [-0.05, 0) is 30.5 Å².